The van der Waals surface area contributed by atoms with Crippen molar-refractivity contribution in [2.24, 2.45) is 5.92 Å². The highest BCUT2D eigenvalue weighted by Crippen LogP contribution is 2.16. The summed E-state index contributed by atoms with van der Waals surface area (Å²) in [5, 5.41) is 6.38. The lowest BCUT2D eigenvalue weighted by molar-refractivity contribution is -0.123. The number of nitrogens with one attached hydrogen (secondary N) is 2. The summed E-state index contributed by atoms with van der Waals surface area (Å²) in [6.07, 6.45) is 4.55. The quantitative estimate of drug-likeness (QED) is 0.746. The SMILES string of the molecule is CN(C)CCN1CCC(CNC(=O)C2CCCN2)CC1.Cl.Cl. The number of carbonyl (C=O) groups excluding carboxylic acids is 1. The summed E-state index contributed by atoms with van der Waals surface area (Å²) >= 11 is 0. The van der Waals surface area contributed by atoms with E-state index in [-0.39, 0.29) is 36.8 Å². The topological polar surface area (TPSA) is 47.6 Å². The molecule has 0 radical (unpaired) electrons. The van der Waals surface area contributed by atoms with Crippen LogP contribution >= 0.6 is 24.8 Å². The minimum Gasteiger partial charge on any atom is -0.354 e. The van der Waals surface area contributed by atoms with E-state index in [1.165, 1.54) is 25.9 Å². The molecule has 1 atom stereocenters. The summed E-state index contributed by atoms with van der Waals surface area (Å²) in [4.78, 5) is 16.7. The highest BCUT2D eigenvalue weighted by Gasteiger charge is 2.24. The van der Waals surface area contributed by atoms with Crippen LogP contribution in [-0.2, 0) is 4.79 Å². The predicted octanol–water partition coefficient (Wildman–Crippen LogP) is 0.972. The van der Waals surface area contributed by atoms with E-state index in [9.17, 15) is 4.79 Å². The van der Waals surface area contributed by atoms with Crippen molar-refractivity contribution in [3.63, 3.8) is 0 Å². The fraction of sp³-hybridized carbons (Fsp3) is 0.933. The van der Waals surface area contributed by atoms with Crippen LogP contribution in [-0.4, -0.2) is 75.1 Å². The summed E-state index contributed by atoms with van der Waals surface area (Å²) in [5.41, 5.74) is 0. The fourth-order valence-electron chi connectivity index (χ4n) is 3.03. The van der Waals surface area contributed by atoms with E-state index < -0.39 is 0 Å². The summed E-state index contributed by atoms with van der Waals surface area (Å²) in [6.45, 7) is 6.50. The Labute approximate surface area is 147 Å². The molecule has 1 unspecified atom stereocenters. The second-order valence-electron chi connectivity index (χ2n) is 6.48. The van der Waals surface area contributed by atoms with Gasteiger partial charge < -0.3 is 20.4 Å². The smallest absolute Gasteiger partial charge is 0.237 e. The van der Waals surface area contributed by atoms with Crippen molar-refractivity contribution in [2.45, 2.75) is 31.7 Å². The normalized spacial score (nSPS) is 23.0. The van der Waals surface area contributed by atoms with Crippen LogP contribution in [0.3, 0.4) is 0 Å². The van der Waals surface area contributed by atoms with Crippen LogP contribution in [0.2, 0.25) is 0 Å². The summed E-state index contributed by atoms with van der Waals surface area (Å²) in [5.74, 6) is 0.869. The van der Waals surface area contributed by atoms with Crippen LogP contribution in [0.1, 0.15) is 25.7 Å². The first-order valence-electron chi connectivity index (χ1n) is 8.03. The van der Waals surface area contributed by atoms with Gasteiger partial charge in [0.15, 0.2) is 0 Å². The third-order valence-electron chi connectivity index (χ3n) is 4.51. The molecule has 2 N–H and O–H groups in total. The molecule has 2 heterocycles. The molecular formula is C15H32Cl2N4O. The molecule has 0 aliphatic carbocycles. The fourth-order valence-corrected chi connectivity index (χ4v) is 3.03. The summed E-state index contributed by atoms with van der Waals surface area (Å²) in [6, 6.07) is 0.0650. The second kappa shape index (κ2) is 11.5. The molecule has 2 fully saturated rings. The highest BCUT2D eigenvalue weighted by molar-refractivity contribution is 5.85. The van der Waals surface area contributed by atoms with E-state index in [1.54, 1.807) is 0 Å². The number of hydrogen-bond donors (Lipinski definition) is 2. The number of nitrogens with zero attached hydrogens (tertiary/aromatic N) is 2. The maximum absolute atomic E-state index is 11.9. The van der Waals surface area contributed by atoms with E-state index >= 15 is 0 Å². The number of likely N-dealkylation sites (tertiary alicyclic amines) is 1. The van der Waals surface area contributed by atoms with Crippen LogP contribution in [0.15, 0.2) is 0 Å². The molecule has 22 heavy (non-hydrogen) atoms. The van der Waals surface area contributed by atoms with Crippen LogP contribution in [0.4, 0.5) is 0 Å². The van der Waals surface area contributed by atoms with Gasteiger partial charge in [-0.3, -0.25) is 4.79 Å². The van der Waals surface area contributed by atoms with Crippen molar-refractivity contribution >= 4 is 30.7 Å². The van der Waals surface area contributed by atoms with Crippen molar-refractivity contribution < 1.29 is 4.79 Å². The van der Waals surface area contributed by atoms with Gasteiger partial charge in [-0.15, -0.1) is 24.8 Å². The Kier molecular flexibility index (Phi) is 11.4. The molecule has 2 aliphatic rings. The number of amides is 1. The minimum atomic E-state index is 0. The van der Waals surface area contributed by atoms with Crippen LogP contribution < -0.4 is 10.6 Å². The standard InChI is InChI=1S/C15H30N4O.2ClH/c1-18(2)10-11-19-8-5-13(6-9-19)12-17-15(20)14-4-3-7-16-14;;/h13-14,16H,3-12H2,1-2H3,(H,17,20);2*1H. The first-order chi connectivity index (χ1) is 9.65. The van der Waals surface area contributed by atoms with Gasteiger partial charge in [0, 0.05) is 19.6 Å². The number of piperidine rings is 1. The number of carbonyl (C=O) groups is 1. The predicted molar refractivity (Wildman–Crippen MR) is 96.2 cm³/mol. The second-order valence-corrected chi connectivity index (χ2v) is 6.48. The molecule has 7 heteroatoms. The molecule has 132 valence electrons. The minimum absolute atomic E-state index is 0. The molecule has 2 aliphatic heterocycles. The Morgan fingerprint density at radius 2 is 1.91 bits per heavy atom. The Bertz CT molecular complexity index is 304. The van der Waals surface area contributed by atoms with Crippen molar-refractivity contribution in [1.82, 2.24) is 20.4 Å². The third kappa shape index (κ3) is 7.47. The van der Waals surface area contributed by atoms with Crippen molar-refractivity contribution in [1.29, 1.82) is 0 Å². The number of likely N-dealkylation sites (N-methyl/N-ethyl adjacent to an activating group) is 1. The maximum atomic E-state index is 11.9. The monoisotopic (exact) mass is 354 g/mol. The number of halogens is 2. The first kappa shape index (κ1) is 21.9. The van der Waals surface area contributed by atoms with Gasteiger partial charge in [0.25, 0.3) is 0 Å². The van der Waals surface area contributed by atoms with Crippen molar-refractivity contribution in [2.75, 3.05) is 53.4 Å². The summed E-state index contributed by atoms with van der Waals surface area (Å²) in [7, 11) is 4.25. The van der Waals surface area contributed by atoms with E-state index in [0.717, 1.165) is 39.0 Å². The Morgan fingerprint density at radius 3 is 2.45 bits per heavy atom. The van der Waals surface area contributed by atoms with Gasteiger partial charge in [0.05, 0.1) is 6.04 Å². The zero-order chi connectivity index (χ0) is 14.4. The molecule has 0 aromatic heterocycles. The largest absolute Gasteiger partial charge is 0.354 e. The van der Waals surface area contributed by atoms with Crippen LogP contribution in [0.25, 0.3) is 0 Å². The zero-order valence-electron chi connectivity index (χ0n) is 13.8. The Balaban J connectivity index is 0.00000220. The van der Waals surface area contributed by atoms with Gasteiger partial charge in [-0.2, -0.15) is 0 Å². The number of rotatable bonds is 6. The molecule has 0 bridgehead atoms. The van der Waals surface area contributed by atoms with Crippen molar-refractivity contribution in [3.8, 4) is 0 Å². The average molecular weight is 355 g/mol. The van der Waals surface area contributed by atoms with Crippen LogP contribution in [0, 0.1) is 5.92 Å². The summed E-state index contributed by atoms with van der Waals surface area (Å²) < 4.78 is 0. The van der Waals surface area contributed by atoms with Gasteiger partial charge in [-0.1, -0.05) is 0 Å². The molecule has 5 nitrogen and oxygen atoms in total. The van der Waals surface area contributed by atoms with Gasteiger partial charge in [-0.05, 0) is 65.3 Å². The molecule has 1 amide bonds. The Morgan fingerprint density at radius 1 is 1.23 bits per heavy atom. The van der Waals surface area contributed by atoms with Gasteiger partial charge >= 0.3 is 0 Å². The van der Waals surface area contributed by atoms with Gasteiger partial charge in [0.2, 0.25) is 5.91 Å². The number of hydrogen-bond acceptors (Lipinski definition) is 4. The maximum Gasteiger partial charge on any atom is 0.237 e. The van der Waals surface area contributed by atoms with E-state index in [0.29, 0.717) is 5.92 Å². The van der Waals surface area contributed by atoms with Gasteiger partial charge in [-0.25, -0.2) is 0 Å². The lowest BCUT2D eigenvalue weighted by atomic mass is 9.96. The van der Waals surface area contributed by atoms with Gasteiger partial charge in [0.1, 0.15) is 0 Å². The lowest BCUT2D eigenvalue weighted by Crippen LogP contribution is -2.44. The zero-order valence-corrected chi connectivity index (χ0v) is 15.5. The molecule has 2 saturated heterocycles. The molecule has 0 aromatic rings. The van der Waals surface area contributed by atoms with E-state index in [1.807, 2.05) is 0 Å². The third-order valence-corrected chi connectivity index (χ3v) is 4.51. The van der Waals surface area contributed by atoms with Crippen molar-refractivity contribution in [3.05, 3.63) is 0 Å². The first-order valence-corrected chi connectivity index (χ1v) is 8.03. The van der Waals surface area contributed by atoms with Crippen LogP contribution in [0.5, 0.6) is 0 Å². The van der Waals surface area contributed by atoms with E-state index in [4.69, 9.17) is 0 Å². The molecule has 0 aromatic carbocycles. The Hall–Kier alpha value is -0.0700. The highest BCUT2D eigenvalue weighted by atomic mass is 35.5. The molecule has 0 saturated carbocycles. The van der Waals surface area contributed by atoms with E-state index in [2.05, 4.69) is 34.5 Å². The molecular weight excluding hydrogens is 323 g/mol. The average Bonchev–Trinajstić information content (AvgIpc) is 2.98. The molecule has 2 rings (SSSR count). The molecule has 0 spiro atoms. The lowest BCUT2D eigenvalue weighted by Gasteiger charge is -2.32.